The SMILES string of the molecule is CNCC(C(O)CO)C(C)(C)C. The third-order valence-corrected chi connectivity index (χ3v) is 2.19. The molecule has 0 saturated heterocycles. The Hall–Kier alpha value is -0.120. The molecule has 0 aromatic heterocycles. The molecule has 0 amide bonds. The van der Waals surface area contributed by atoms with Crippen LogP contribution in [0.2, 0.25) is 0 Å². The van der Waals surface area contributed by atoms with Gasteiger partial charge in [-0.25, -0.2) is 0 Å². The maximum atomic E-state index is 9.49. The minimum Gasteiger partial charge on any atom is -0.394 e. The summed E-state index contributed by atoms with van der Waals surface area (Å²) in [5, 5.41) is 21.3. The molecule has 3 heteroatoms. The summed E-state index contributed by atoms with van der Waals surface area (Å²) in [6.45, 7) is 6.75. The topological polar surface area (TPSA) is 52.5 Å². The second-order valence-corrected chi connectivity index (χ2v) is 4.28. The normalized spacial score (nSPS) is 17.5. The summed E-state index contributed by atoms with van der Waals surface area (Å²) in [5.41, 5.74) is 0.0190. The highest BCUT2D eigenvalue weighted by molar-refractivity contribution is 4.81. The minimum atomic E-state index is -0.627. The van der Waals surface area contributed by atoms with Gasteiger partial charge < -0.3 is 15.5 Å². The summed E-state index contributed by atoms with van der Waals surface area (Å²) >= 11 is 0. The first-order valence-electron chi connectivity index (χ1n) is 4.37. The van der Waals surface area contributed by atoms with Crippen LogP contribution in [0, 0.1) is 11.3 Å². The van der Waals surface area contributed by atoms with Crippen molar-refractivity contribution in [3.05, 3.63) is 0 Å². The van der Waals surface area contributed by atoms with Crippen molar-refractivity contribution in [1.29, 1.82) is 0 Å². The molecule has 0 bridgehead atoms. The quantitative estimate of drug-likeness (QED) is 0.573. The summed E-state index contributed by atoms with van der Waals surface area (Å²) in [5.74, 6) is 0.0903. The van der Waals surface area contributed by atoms with Gasteiger partial charge in [-0.05, 0) is 12.5 Å². The molecule has 0 radical (unpaired) electrons. The third kappa shape index (κ3) is 3.52. The summed E-state index contributed by atoms with van der Waals surface area (Å²) in [6.07, 6.45) is -0.627. The van der Waals surface area contributed by atoms with Gasteiger partial charge in [0, 0.05) is 12.5 Å². The average molecular weight is 175 g/mol. The Morgan fingerprint density at radius 1 is 1.33 bits per heavy atom. The first kappa shape index (κ1) is 11.9. The molecule has 0 aromatic carbocycles. The zero-order valence-electron chi connectivity index (χ0n) is 8.46. The van der Waals surface area contributed by atoms with Crippen molar-refractivity contribution in [3.63, 3.8) is 0 Å². The lowest BCUT2D eigenvalue weighted by Gasteiger charge is -2.33. The largest absolute Gasteiger partial charge is 0.394 e. The summed E-state index contributed by atoms with van der Waals surface area (Å²) in [7, 11) is 1.85. The first-order valence-corrected chi connectivity index (χ1v) is 4.37. The van der Waals surface area contributed by atoms with Gasteiger partial charge in [0.15, 0.2) is 0 Å². The van der Waals surface area contributed by atoms with Gasteiger partial charge in [0.05, 0.1) is 12.7 Å². The third-order valence-electron chi connectivity index (χ3n) is 2.19. The van der Waals surface area contributed by atoms with Gasteiger partial charge in [-0.3, -0.25) is 0 Å². The van der Waals surface area contributed by atoms with Crippen molar-refractivity contribution in [2.45, 2.75) is 26.9 Å². The number of rotatable bonds is 4. The van der Waals surface area contributed by atoms with Crippen LogP contribution in [0.5, 0.6) is 0 Å². The molecule has 0 aromatic rings. The molecule has 12 heavy (non-hydrogen) atoms. The van der Waals surface area contributed by atoms with Crippen LogP contribution >= 0.6 is 0 Å². The van der Waals surface area contributed by atoms with E-state index in [9.17, 15) is 5.11 Å². The van der Waals surface area contributed by atoms with E-state index in [1.54, 1.807) is 0 Å². The molecule has 0 saturated carbocycles. The first-order chi connectivity index (χ1) is 5.43. The van der Waals surface area contributed by atoms with Gasteiger partial charge in [0.1, 0.15) is 0 Å². The predicted octanol–water partition coefficient (Wildman–Crippen LogP) is 0.221. The Morgan fingerprint density at radius 3 is 2.08 bits per heavy atom. The molecule has 2 unspecified atom stereocenters. The highest BCUT2D eigenvalue weighted by Gasteiger charge is 2.29. The molecule has 0 aliphatic heterocycles. The highest BCUT2D eigenvalue weighted by atomic mass is 16.3. The highest BCUT2D eigenvalue weighted by Crippen LogP contribution is 2.27. The summed E-state index contributed by atoms with van der Waals surface area (Å²) in [4.78, 5) is 0. The molecule has 3 N–H and O–H groups in total. The second kappa shape index (κ2) is 4.80. The number of hydrogen-bond donors (Lipinski definition) is 3. The predicted molar refractivity (Wildman–Crippen MR) is 50.0 cm³/mol. The van der Waals surface area contributed by atoms with E-state index in [-0.39, 0.29) is 17.9 Å². The molecule has 0 spiro atoms. The van der Waals surface area contributed by atoms with E-state index in [4.69, 9.17) is 5.11 Å². The van der Waals surface area contributed by atoms with Crippen LogP contribution in [0.1, 0.15) is 20.8 Å². The number of aliphatic hydroxyl groups is 2. The van der Waals surface area contributed by atoms with Crippen LogP contribution in [0.3, 0.4) is 0 Å². The molecular weight excluding hydrogens is 154 g/mol. The van der Waals surface area contributed by atoms with E-state index in [0.29, 0.717) is 0 Å². The lowest BCUT2D eigenvalue weighted by molar-refractivity contribution is 0.00323. The molecule has 0 heterocycles. The van der Waals surface area contributed by atoms with Gasteiger partial charge in [-0.1, -0.05) is 20.8 Å². The number of hydrogen-bond acceptors (Lipinski definition) is 3. The maximum Gasteiger partial charge on any atom is 0.0816 e. The summed E-state index contributed by atoms with van der Waals surface area (Å²) < 4.78 is 0. The second-order valence-electron chi connectivity index (χ2n) is 4.28. The smallest absolute Gasteiger partial charge is 0.0816 e. The number of aliphatic hydroxyl groups excluding tert-OH is 2. The van der Waals surface area contributed by atoms with Gasteiger partial charge in [0.2, 0.25) is 0 Å². The zero-order valence-corrected chi connectivity index (χ0v) is 8.46. The van der Waals surface area contributed by atoms with Crippen molar-refractivity contribution in [2.75, 3.05) is 20.2 Å². The van der Waals surface area contributed by atoms with Crippen molar-refractivity contribution < 1.29 is 10.2 Å². The van der Waals surface area contributed by atoms with E-state index >= 15 is 0 Å². The van der Waals surface area contributed by atoms with E-state index < -0.39 is 6.10 Å². The lowest BCUT2D eigenvalue weighted by atomic mass is 9.77. The lowest BCUT2D eigenvalue weighted by Crippen LogP contribution is -2.40. The fourth-order valence-electron chi connectivity index (χ4n) is 1.37. The van der Waals surface area contributed by atoms with Gasteiger partial charge in [0.25, 0.3) is 0 Å². The molecule has 2 atom stereocenters. The van der Waals surface area contributed by atoms with Crippen molar-refractivity contribution in [2.24, 2.45) is 11.3 Å². The molecule has 0 aliphatic rings. The fourth-order valence-corrected chi connectivity index (χ4v) is 1.37. The van der Waals surface area contributed by atoms with Gasteiger partial charge >= 0.3 is 0 Å². The maximum absolute atomic E-state index is 9.49. The Bertz CT molecular complexity index is 120. The van der Waals surface area contributed by atoms with Crippen LogP contribution in [-0.4, -0.2) is 36.5 Å². The van der Waals surface area contributed by atoms with E-state index in [1.165, 1.54) is 0 Å². The summed E-state index contributed by atoms with van der Waals surface area (Å²) in [6, 6.07) is 0. The monoisotopic (exact) mass is 175 g/mol. The van der Waals surface area contributed by atoms with Crippen molar-refractivity contribution in [3.8, 4) is 0 Å². The standard InChI is InChI=1S/C9H21NO2/c1-9(2,3)7(5-10-4)8(12)6-11/h7-8,10-12H,5-6H2,1-4H3. The van der Waals surface area contributed by atoms with E-state index in [2.05, 4.69) is 26.1 Å². The molecule has 0 aliphatic carbocycles. The van der Waals surface area contributed by atoms with E-state index in [0.717, 1.165) is 6.54 Å². The molecule has 3 nitrogen and oxygen atoms in total. The fraction of sp³-hybridized carbons (Fsp3) is 1.00. The van der Waals surface area contributed by atoms with Gasteiger partial charge in [-0.2, -0.15) is 0 Å². The van der Waals surface area contributed by atoms with Gasteiger partial charge in [-0.15, -0.1) is 0 Å². The van der Waals surface area contributed by atoms with E-state index in [1.807, 2.05) is 7.05 Å². The van der Waals surface area contributed by atoms with Crippen LogP contribution in [0.25, 0.3) is 0 Å². The molecule has 0 rings (SSSR count). The molecule has 0 fully saturated rings. The Balaban J connectivity index is 4.22. The van der Waals surface area contributed by atoms with Crippen LogP contribution in [0.15, 0.2) is 0 Å². The Morgan fingerprint density at radius 2 is 1.83 bits per heavy atom. The average Bonchev–Trinajstić information content (AvgIpc) is 1.96. The molecular formula is C9H21NO2. The Kier molecular flexibility index (Phi) is 4.75. The Labute approximate surface area is 74.8 Å². The van der Waals surface area contributed by atoms with Crippen molar-refractivity contribution in [1.82, 2.24) is 5.32 Å². The van der Waals surface area contributed by atoms with Crippen molar-refractivity contribution >= 4 is 0 Å². The zero-order chi connectivity index (χ0) is 9.78. The number of nitrogens with one attached hydrogen (secondary N) is 1. The molecule has 74 valence electrons. The van der Waals surface area contributed by atoms with Crippen LogP contribution in [0.4, 0.5) is 0 Å². The van der Waals surface area contributed by atoms with Crippen LogP contribution < -0.4 is 5.32 Å². The van der Waals surface area contributed by atoms with Crippen LogP contribution in [-0.2, 0) is 0 Å². The minimum absolute atomic E-state index is 0.0190.